The minimum atomic E-state index is -4.10. The van der Waals surface area contributed by atoms with Crippen LogP contribution in [0, 0.1) is 0 Å². The summed E-state index contributed by atoms with van der Waals surface area (Å²) in [5, 5.41) is 29.9. The Balaban J connectivity index is 2.74. The molecule has 0 aliphatic carbocycles. The molecule has 0 bridgehead atoms. The van der Waals surface area contributed by atoms with Crippen molar-refractivity contribution in [3.05, 3.63) is 0 Å². The van der Waals surface area contributed by atoms with Crippen molar-refractivity contribution in [2.45, 2.75) is 77.0 Å². The highest BCUT2D eigenvalue weighted by Gasteiger charge is 2.44. The molecule has 1 rings (SSSR count). The number of methoxy groups -OCH3 is 1. The third-order valence-electron chi connectivity index (χ3n) is 4.10. The number of carbonyl (C=O) groups is 2. The lowest BCUT2D eigenvalue weighted by molar-refractivity contribution is -0.290. The van der Waals surface area contributed by atoms with Gasteiger partial charge in [-0.2, -0.15) is 0 Å². The van der Waals surface area contributed by atoms with Crippen molar-refractivity contribution in [3.8, 4) is 0 Å². The lowest BCUT2D eigenvalue weighted by Crippen LogP contribution is -2.58. The third-order valence-corrected chi connectivity index (χ3v) is 5.91. The molecule has 5 atom stereocenters. The zero-order valence-electron chi connectivity index (χ0n) is 19.1. The highest BCUT2D eigenvalue weighted by Crippen LogP contribution is 2.49. The summed E-state index contributed by atoms with van der Waals surface area (Å²) in [5.41, 5.74) is 0. The average molecular weight is 504 g/mol. The monoisotopic (exact) mass is 504 g/mol. The van der Waals surface area contributed by atoms with Crippen LogP contribution in [0.5, 0.6) is 0 Å². The minimum Gasteiger partial charge on any atom is -0.432 e. The summed E-state index contributed by atoms with van der Waals surface area (Å²) < 4.78 is 52.3. The number of rotatable bonds is 12. The molecular weight excluding hydrogens is 471 g/mol. The first-order valence-corrected chi connectivity index (χ1v) is 11.9. The molecule has 0 aromatic heterocycles. The second-order valence-electron chi connectivity index (χ2n) is 7.49. The van der Waals surface area contributed by atoms with Crippen LogP contribution in [0.2, 0.25) is 0 Å². The molecule has 5 unspecified atom stereocenters. The summed E-state index contributed by atoms with van der Waals surface area (Å²) in [7, 11) is -2.87. The Morgan fingerprint density at radius 1 is 0.879 bits per heavy atom. The molecule has 1 fully saturated rings. The van der Waals surface area contributed by atoms with Gasteiger partial charge in [0.15, 0.2) is 6.29 Å². The molecule has 3 N–H and O–H groups in total. The Bertz CT molecular complexity index is 622. The molecule has 0 saturated carbocycles. The number of hydrogen-bond donors (Lipinski definition) is 3. The number of carbonyl (C=O) groups excluding carboxylic acids is 2. The smallest absolute Gasteiger partial charge is 0.432 e. The van der Waals surface area contributed by atoms with Crippen molar-refractivity contribution in [3.63, 3.8) is 0 Å². The maximum atomic E-state index is 13.1. The van der Waals surface area contributed by atoms with Gasteiger partial charge in [0.05, 0.1) is 24.5 Å². The van der Waals surface area contributed by atoms with Gasteiger partial charge in [-0.25, -0.2) is 9.59 Å². The Morgan fingerprint density at radius 3 is 1.79 bits per heavy atom. The first-order chi connectivity index (χ1) is 15.4. The summed E-state index contributed by atoms with van der Waals surface area (Å²) >= 11 is 0. The quantitative estimate of drug-likeness (QED) is 0.195. The molecule has 1 aliphatic rings. The largest absolute Gasteiger partial charge is 0.510 e. The topological polar surface area (TPSA) is 186 Å². The van der Waals surface area contributed by atoms with Gasteiger partial charge < -0.3 is 43.7 Å². The van der Waals surface area contributed by atoms with Gasteiger partial charge in [-0.15, -0.1) is 0 Å². The van der Waals surface area contributed by atoms with E-state index in [1.165, 1.54) is 7.11 Å². The molecule has 0 spiro atoms. The molecule has 1 saturated heterocycles. The molecule has 0 amide bonds. The average Bonchev–Trinajstić information content (AvgIpc) is 2.70. The fourth-order valence-corrected chi connectivity index (χ4v) is 3.89. The van der Waals surface area contributed by atoms with E-state index in [0.29, 0.717) is 0 Å². The zero-order valence-corrected chi connectivity index (χ0v) is 20.0. The first-order valence-electron chi connectivity index (χ1n) is 10.2. The van der Waals surface area contributed by atoms with Gasteiger partial charge in [0.25, 0.3) is 0 Å². The van der Waals surface area contributed by atoms with E-state index in [4.69, 9.17) is 28.0 Å². The molecule has 0 radical (unpaired) electrons. The molecule has 14 nitrogen and oxygen atoms in total. The molecule has 1 aliphatic heterocycles. The number of ether oxygens (including phenoxy) is 6. The Labute approximate surface area is 191 Å². The van der Waals surface area contributed by atoms with E-state index in [1.54, 1.807) is 27.7 Å². The molecule has 0 aromatic rings. The van der Waals surface area contributed by atoms with Gasteiger partial charge >= 0.3 is 19.9 Å². The summed E-state index contributed by atoms with van der Waals surface area (Å²) in [6.45, 7) is 4.76. The van der Waals surface area contributed by atoms with Crippen LogP contribution in [0.25, 0.3) is 0 Å². The van der Waals surface area contributed by atoms with E-state index >= 15 is 0 Å². The van der Waals surface area contributed by atoms with Crippen LogP contribution in [0.1, 0.15) is 34.1 Å². The second kappa shape index (κ2) is 14.0. The number of aliphatic hydroxyl groups excluding tert-OH is 3. The van der Waals surface area contributed by atoms with Gasteiger partial charge in [0.2, 0.25) is 13.6 Å². The predicted molar refractivity (Wildman–Crippen MR) is 108 cm³/mol. The third kappa shape index (κ3) is 10.5. The van der Waals surface area contributed by atoms with Crippen LogP contribution in [-0.4, -0.2) is 97.4 Å². The van der Waals surface area contributed by atoms with Gasteiger partial charge in [-0.1, -0.05) is 0 Å². The predicted octanol–water partition coefficient (Wildman–Crippen LogP) is 1.09. The Kier molecular flexibility index (Phi) is 12.5. The summed E-state index contributed by atoms with van der Waals surface area (Å²) in [6.07, 6.45) is -10.6. The molecule has 0 aromatic carbocycles. The number of aliphatic hydroxyl groups is 3. The number of hydrogen-bond acceptors (Lipinski definition) is 14. The van der Waals surface area contributed by atoms with E-state index in [-0.39, 0.29) is 6.42 Å². The fourth-order valence-electron chi connectivity index (χ4n) is 2.56. The molecular formula is C18H33O14P. The SMILES string of the molecule is COC1OC(CCP(=O)(OCOC(=O)OC(C)C)OCOC(=O)OC(C)C)C(O)C(O)C1O. The Hall–Kier alpha value is -1.51. The maximum Gasteiger partial charge on any atom is 0.510 e. The molecule has 15 heteroatoms. The van der Waals surface area contributed by atoms with Crippen molar-refractivity contribution in [2.24, 2.45) is 0 Å². The van der Waals surface area contributed by atoms with Crippen LogP contribution in [0.4, 0.5) is 9.59 Å². The van der Waals surface area contributed by atoms with Crippen molar-refractivity contribution >= 4 is 19.9 Å². The van der Waals surface area contributed by atoms with Crippen molar-refractivity contribution in [1.29, 1.82) is 0 Å². The van der Waals surface area contributed by atoms with E-state index in [1.807, 2.05) is 0 Å². The van der Waals surface area contributed by atoms with E-state index in [2.05, 4.69) is 9.47 Å². The van der Waals surface area contributed by atoms with Crippen molar-refractivity contribution in [2.75, 3.05) is 26.9 Å². The van der Waals surface area contributed by atoms with Gasteiger partial charge in [0.1, 0.15) is 18.3 Å². The normalized spacial score (nSPS) is 25.7. The second-order valence-corrected chi connectivity index (χ2v) is 9.67. The minimum absolute atomic E-state index is 0.199. The van der Waals surface area contributed by atoms with Crippen LogP contribution >= 0.6 is 7.60 Å². The van der Waals surface area contributed by atoms with Gasteiger partial charge in [-0.05, 0) is 34.1 Å². The van der Waals surface area contributed by atoms with E-state index in [9.17, 15) is 29.5 Å². The van der Waals surface area contributed by atoms with Gasteiger partial charge in [-0.3, -0.25) is 13.6 Å². The fraction of sp³-hybridized carbons (Fsp3) is 0.889. The lowest BCUT2D eigenvalue weighted by Gasteiger charge is -2.40. The van der Waals surface area contributed by atoms with Crippen LogP contribution in [0.3, 0.4) is 0 Å². The van der Waals surface area contributed by atoms with Crippen LogP contribution < -0.4 is 0 Å². The summed E-state index contributed by atoms with van der Waals surface area (Å²) in [4.78, 5) is 22.9. The Morgan fingerprint density at radius 2 is 1.36 bits per heavy atom. The van der Waals surface area contributed by atoms with Crippen molar-refractivity contribution in [1.82, 2.24) is 0 Å². The highest BCUT2D eigenvalue weighted by atomic mass is 31.2. The molecule has 1 heterocycles. The van der Waals surface area contributed by atoms with Crippen molar-refractivity contribution < 1.29 is 66.9 Å². The van der Waals surface area contributed by atoms with E-state index < -0.39 is 82.6 Å². The van der Waals surface area contributed by atoms with Crippen LogP contribution in [-0.2, 0) is 42.0 Å². The summed E-state index contributed by atoms with van der Waals surface area (Å²) in [5.74, 6) is 0. The first kappa shape index (κ1) is 29.5. The summed E-state index contributed by atoms with van der Waals surface area (Å²) in [6, 6.07) is 0. The van der Waals surface area contributed by atoms with Crippen LogP contribution in [0.15, 0.2) is 0 Å². The molecule has 194 valence electrons. The highest BCUT2D eigenvalue weighted by molar-refractivity contribution is 7.53. The van der Waals surface area contributed by atoms with Gasteiger partial charge in [0, 0.05) is 7.11 Å². The standard InChI is InChI=1S/C18H33O14P/c1-10(2)30-17(22)26-8-28-33(24,29-9-27-18(23)31-11(3)4)7-6-12-13(19)14(20)15(21)16(25-5)32-12/h10-16,19-21H,6-9H2,1-5H3. The molecule has 33 heavy (non-hydrogen) atoms. The van der Waals surface area contributed by atoms with E-state index in [0.717, 1.165) is 0 Å². The lowest BCUT2D eigenvalue weighted by atomic mass is 9.97. The maximum absolute atomic E-state index is 13.1. The zero-order chi connectivity index (χ0) is 25.2.